The van der Waals surface area contributed by atoms with Crippen LogP contribution in [0.5, 0.6) is 5.75 Å². The van der Waals surface area contributed by atoms with Gasteiger partial charge in [-0.15, -0.1) is 0 Å². The van der Waals surface area contributed by atoms with Gasteiger partial charge in [0.15, 0.2) is 0 Å². The first-order valence-corrected chi connectivity index (χ1v) is 9.89. The van der Waals surface area contributed by atoms with Crippen LogP contribution in [0.3, 0.4) is 0 Å². The number of fused-ring (bicyclic) bond motifs is 1. The zero-order valence-corrected chi connectivity index (χ0v) is 16.8. The Morgan fingerprint density at radius 2 is 1.97 bits per heavy atom. The van der Waals surface area contributed by atoms with Crippen molar-refractivity contribution >= 4 is 23.4 Å². The van der Waals surface area contributed by atoms with Crippen LogP contribution in [0.2, 0.25) is 0 Å². The minimum absolute atomic E-state index is 0.213. The normalized spacial score (nSPS) is 17.1. The molecule has 2 aromatic rings. The minimum Gasteiger partial charge on any atom is -0.492 e. The fourth-order valence-electron chi connectivity index (χ4n) is 3.41. The molecule has 9 heteroatoms. The number of nitrogens with one attached hydrogen (secondary N) is 3. The first-order valence-electron chi connectivity index (χ1n) is 9.89. The summed E-state index contributed by atoms with van der Waals surface area (Å²) >= 11 is 0. The average Bonchev–Trinajstić information content (AvgIpc) is 3.19. The molecular weight excluding hydrogens is 396 g/mol. The lowest BCUT2D eigenvalue weighted by Gasteiger charge is -2.29. The van der Waals surface area contributed by atoms with E-state index in [1.807, 2.05) is 60.8 Å². The number of benzene rings is 2. The number of nitrogens with zero attached hydrogens (tertiary/aromatic N) is 1. The molecule has 0 fully saturated rings. The number of ether oxygens (including phenoxy) is 1. The van der Waals surface area contributed by atoms with Gasteiger partial charge in [-0.3, -0.25) is 4.90 Å². The highest BCUT2D eigenvalue weighted by molar-refractivity contribution is 5.96. The zero-order valence-electron chi connectivity index (χ0n) is 16.8. The summed E-state index contributed by atoms with van der Waals surface area (Å²) in [5.41, 5.74) is 15.2. The van der Waals surface area contributed by atoms with Crippen molar-refractivity contribution in [1.29, 1.82) is 0 Å². The molecule has 0 saturated carbocycles. The van der Waals surface area contributed by atoms with Gasteiger partial charge in [-0.25, -0.2) is 9.59 Å². The van der Waals surface area contributed by atoms with E-state index < -0.39 is 6.03 Å². The molecule has 2 aliphatic heterocycles. The molecule has 1 atom stereocenters. The highest BCUT2D eigenvalue weighted by Gasteiger charge is 2.31. The summed E-state index contributed by atoms with van der Waals surface area (Å²) in [7, 11) is 0. The van der Waals surface area contributed by atoms with Crippen molar-refractivity contribution in [2.45, 2.75) is 12.7 Å². The molecule has 0 aliphatic carbocycles. The van der Waals surface area contributed by atoms with E-state index >= 15 is 0 Å². The Balaban J connectivity index is 1.49. The highest BCUT2D eigenvalue weighted by atomic mass is 16.5. The second-order valence-electron chi connectivity index (χ2n) is 7.12. The van der Waals surface area contributed by atoms with Gasteiger partial charge < -0.3 is 32.2 Å². The van der Waals surface area contributed by atoms with Crippen molar-refractivity contribution in [2.75, 3.05) is 18.1 Å². The fraction of sp³-hybridized carbons (Fsp3) is 0.182. The van der Waals surface area contributed by atoms with E-state index in [-0.39, 0.29) is 12.2 Å². The van der Waals surface area contributed by atoms with Crippen molar-refractivity contribution in [1.82, 2.24) is 16.0 Å². The van der Waals surface area contributed by atoms with Crippen molar-refractivity contribution in [3.05, 3.63) is 77.5 Å². The first kappa shape index (κ1) is 20.3. The van der Waals surface area contributed by atoms with Crippen molar-refractivity contribution in [3.63, 3.8) is 0 Å². The maximum atomic E-state index is 12.6. The number of urea groups is 2. The topological polar surface area (TPSA) is 135 Å². The summed E-state index contributed by atoms with van der Waals surface area (Å²) in [6.07, 6.45) is 3.53. The second-order valence-corrected chi connectivity index (χ2v) is 7.12. The van der Waals surface area contributed by atoms with E-state index in [1.165, 1.54) is 0 Å². The summed E-state index contributed by atoms with van der Waals surface area (Å²) in [5.74, 6) is 0.668. The van der Waals surface area contributed by atoms with Crippen LogP contribution < -0.4 is 37.1 Å². The van der Waals surface area contributed by atoms with Crippen LogP contribution in [0.1, 0.15) is 11.1 Å². The summed E-state index contributed by atoms with van der Waals surface area (Å²) in [4.78, 5) is 24.9. The average molecular weight is 420 g/mol. The number of hydrogen-bond acceptors (Lipinski definition) is 5. The van der Waals surface area contributed by atoms with Crippen LogP contribution >= 0.6 is 0 Å². The van der Waals surface area contributed by atoms with Crippen LogP contribution in [0.25, 0.3) is 5.70 Å². The maximum Gasteiger partial charge on any atom is 0.327 e. The number of nitrogens with two attached hydrogens (primary N) is 2. The van der Waals surface area contributed by atoms with Crippen LogP contribution in [-0.2, 0) is 6.54 Å². The Kier molecular flexibility index (Phi) is 5.76. The second kappa shape index (κ2) is 8.80. The molecule has 0 bridgehead atoms. The predicted molar refractivity (Wildman–Crippen MR) is 118 cm³/mol. The van der Waals surface area contributed by atoms with Crippen LogP contribution in [0, 0.1) is 0 Å². The monoisotopic (exact) mass is 420 g/mol. The molecule has 2 heterocycles. The first-order chi connectivity index (χ1) is 15.0. The lowest BCUT2D eigenvalue weighted by molar-refractivity contribution is 0.243. The summed E-state index contributed by atoms with van der Waals surface area (Å²) in [5, 5.41) is 8.78. The third-order valence-electron chi connectivity index (χ3n) is 4.97. The van der Waals surface area contributed by atoms with E-state index in [4.69, 9.17) is 16.2 Å². The lowest BCUT2D eigenvalue weighted by Crippen LogP contribution is -2.51. The number of anilines is 1. The summed E-state index contributed by atoms with van der Waals surface area (Å²) < 4.78 is 5.66. The Bertz CT molecular complexity index is 1050. The molecule has 9 nitrogen and oxygen atoms in total. The molecule has 0 radical (unpaired) electrons. The standard InChI is InChI=1S/C22H24N6O3/c23-12-14-4-6-17(7-5-14)28-13-16-11-19(26-20(16)27-22(28)30)15-2-1-3-18(10-15)31-9-8-25-21(24)29/h1-7,10-11,13,20,26H,8-9,12,23H2,(H,27,30)(H3,24,25,29). The molecule has 0 aromatic heterocycles. The smallest absolute Gasteiger partial charge is 0.327 e. The van der Waals surface area contributed by atoms with Gasteiger partial charge >= 0.3 is 12.1 Å². The molecular formula is C22H24N6O3. The Morgan fingerprint density at radius 3 is 2.71 bits per heavy atom. The molecule has 1 unspecified atom stereocenters. The maximum absolute atomic E-state index is 12.6. The van der Waals surface area contributed by atoms with Crippen molar-refractivity contribution < 1.29 is 14.3 Å². The van der Waals surface area contributed by atoms with Gasteiger partial charge in [0.1, 0.15) is 18.5 Å². The van der Waals surface area contributed by atoms with E-state index in [0.717, 1.165) is 28.1 Å². The zero-order chi connectivity index (χ0) is 21.8. The van der Waals surface area contributed by atoms with E-state index in [1.54, 1.807) is 4.90 Å². The van der Waals surface area contributed by atoms with Gasteiger partial charge in [-0.1, -0.05) is 24.3 Å². The molecule has 2 aromatic carbocycles. The van der Waals surface area contributed by atoms with Gasteiger partial charge in [-0.2, -0.15) is 0 Å². The van der Waals surface area contributed by atoms with Gasteiger partial charge in [-0.05, 0) is 35.9 Å². The van der Waals surface area contributed by atoms with Crippen molar-refractivity contribution in [2.24, 2.45) is 11.5 Å². The predicted octanol–water partition coefficient (Wildman–Crippen LogP) is 1.58. The molecule has 7 N–H and O–H groups in total. The number of hydrogen-bond donors (Lipinski definition) is 5. The third kappa shape index (κ3) is 4.62. The van der Waals surface area contributed by atoms with E-state index in [9.17, 15) is 9.59 Å². The SMILES string of the molecule is NCc1ccc(N2C=C3C=C(c4cccc(OCCNC(N)=O)c4)NC3NC2=O)cc1. The molecule has 2 aliphatic rings. The summed E-state index contributed by atoms with van der Waals surface area (Å²) in [6.45, 7) is 1.08. The Hall–Kier alpha value is -3.98. The quantitative estimate of drug-likeness (QED) is 0.434. The molecule has 4 rings (SSSR count). The number of rotatable bonds is 7. The Morgan fingerprint density at radius 1 is 1.16 bits per heavy atom. The molecule has 31 heavy (non-hydrogen) atoms. The van der Waals surface area contributed by atoms with E-state index in [0.29, 0.717) is 25.4 Å². The van der Waals surface area contributed by atoms with Gasteiger partial charge in [0.25, 0.3) is 0 Å². The number of carbonyl (C=O) groups is 2. The van der Waals surface area contributed by atoms with E-state index in [2.05, 4.69) is 16.0 Å². The van der Waals surface area contributed by atoms with Crippen LogP contribution in [-0.4, -0.2) is 31.4 Å². The number of amides is 4. The number of carbonyl (C=O) groups excluding carboxylic acids is 2. The van der Waals surface area contributed by atoms with Crippen molar-refractivity contribution in [3.8, 4) is 5.75 Å². The van der Waals surface area contributed by atoms with Gasteiger partial charge in [0.05, 0.1) is 12.2 Å². The minimum atomic E-state index is -0.583. The molecule has 4 amide bonds. The van der Waals surface area contributed by atoms with Crippen LogP contribution in [0.4, 0.5) is 15.3 Å². The number of primary amides is 1. The Labute approximate surface area is 179 Å². The van der Waals surface area contributed by atoms with Crippen LogP contribution in [0.15, 0.2) is 66.4 Å². The molecule has 0 spiro atoms. The summed E-state index contributed by atoms with van der Waals surface area (Å²) in [6, 6.07) is 14.3. The fourth-order valence-corrected chi connectivity index (χ4v) is 3.41. The van der Waals surface area contributed by atoms with Gasteiger partial charge in [0.2, 0.25) is 0 Å². The third-order valence-corrected chi connectivity index (χ3v) is 4.97. The van der Waals surface area contributed by atoms with Gasteiger partial charge in [0, 0.05) is 29.6 Å². The molecule has 0 saturated heterocycles. The highest BCUT2D eigenvalue weighted by Crippen LogP contribution is 2.29. The largest absolute Gasteiger partial charge is 0.492 e. The molecule has 160 valence electrons. The lowest BCUT2D eigenvalue weighted by atomic mass is 10.1.